The van der Waals surface area contributed by atoms with Gasteiger partial charge in [-0.25, -0.2) is 4.39 Å². The van der Waals surface area contributed by atoms with Crippen molar-refractivity contribution in [1.82, 2.24) is 15.2 Å². The topological polar surface area (TPSA) is 54.5 Å². The molecule has 5 nitrogen and oxygen atoms in total. The molecule has 0 spiro atoms. The molecule has 3 rings (SSSR count). The van der Waals surface area contributed by atoms with Crippen LogP contribution in [0.4, 0.5) is 4.39 Å². The van der Waals surface area contributed by atoms with Crippen LogP contribution in [0.15, 0.2) is 42.7 Å². The van der Waals surface area contributed by atoms with E-state index in [1.54, 1.807) is 12.4 Å². The van der Waals surface area contributed by atoms with Crippen LogP contribution in [-0.4, -0.2) is 42.0 Å². The predicted octanol–water partition coefficient (Wildman–Crippen LogP) is 2.82. The number of amides is 1. The highest BCUT2D eigenvalue weighted by Gasteiger charge is 2.27. The standard InChI is InChI=1S/C18H19ClFN3O2/c19-15-10-14(20)3-4-17(15)25-9-5-18(24)23-8-7-22-12-16(23)13-2-1-6-21-11-13/h1-4,6,10-11,16,22H,5,7-9,12H2. The fraction of sp³-hybridized carbons (Fsp3) is 0.333. The highest BCUT2D eigenvalue weighted by molar-refractivity contribution is 6.32. The second-order valence-corrected chi connectivity index (χ2v) is 6.17. The van der Waals surface area contributed by atoms with E-state index < -0.39 is 5.82 Å². The molecule has 1 aromatic carbocycles. The zero-order valence-corrected chi connectivity index (χ0v) is 14.4. The number of carbonyl (C=O) groups excluding carboxylic acids is 1. The Bertz CT molecular complexity index is 730. The first-order chi connectivity index (χ1) is 12.1. The van der Waals surface area contributed by atoms with Crippen molar-refractivity contribution >= 4 is 17.5 Å². The molecule has 0 bridgehead atoms. The first-order valence-electron chi connectivity index (χ1n) is 8.13. The number of halogens is 2. The zero-order valence-electron chi connectivity index (χ0n) is 13.6. The van der Waals surface area contributed by atoms with Crippen LogP contribution in [0.2, 0.25) is 5.02 Å². The molecule has 1 aromatic heterocycles. The summed E-state index contributed by atoms with van der Waals surface area (Å²) in [6, 6.07) is 7.73. The number of nitrogens with one attached hydrogen (secondary N) is 1. The number of aromatic nitrogens is 1. The average molecular weight is 364 g/mol. The van der Waals surface area contributed by atoms with Gasteiger partial charge in [-0.1, -0.05) is 17.7 Å². The fourth-order valence-corrected chi connectivity index (χ4v) is 3.08. The number of hydrogen-bond donors (Lipinski definition) is 1. The molecule has 1 unspecified atom stereocenters. The van der Waals surface area contributed by atoms with E-state index in [1.165, 1.54) is 18.2 Å². The van der Waals surface area contributed by atoms with Crippen LogP contribution in [0.25, 0.3) is 0 Å². The minimum atomic E-state index is -0.423. The summed E-state index contributed by atoms with van der Waals surface area (Å²) in [5, 5.41) is 3.50. The van der Waals surface area contributed by atoms with Gasteiger partial charge in [0.15, 0.2) is 0 Å². The molecular weight excluding hydrogens is 345 g/mol. The summed E-state index contributed by atoms with van der Waals surface area (Å²) in [7, 11) is 0. The van der Waals surface area contributed by atoms with E-state index >= 15 is 0 Å². The maximum atomic E-state index is 13.0. The summed E-state index contributed by atoms with van der Waals surface area (Å²) >= 11 is 5.92. The molecule has 0 radical (unpaired) electrons. The van der Waals surface area contributed by atoms with Gasteiger partial charge in [0.2, 0.25) is 5.91 Å². The lowest BCUT2D eigenvalue weighted by Gasteiger charge is -2.36. The van der Waals surface area contributed by atoms with Crippen LogP contribution >= 0.6 is 11.6 Å². The molecule has 1 aliphatic heterocycles. The summed E-state index contributed by atoms with van der Waals surface area (Å²) in [6.45, 7) is 2.28. The van der Waals surface area contributed by atoms with E-state index in [4.69, 9.17) is 16.3 Å². The Balaban J connectivity index is 1.59. The minimum absolute atomic E-state index is 0.00795. The molecule has 1 amide bonds. The van der Waals surface area contributed by atoms with Crippen LogP contribution in [0.5, 0.6) is 5.75 Å². The predicted molar refractivity (Wildman–Crippen MR) is 93.1 cm³/mol. The lowest BCUT2D eigenvalue weighted by molar-refractivity contribution is -0.135. The van der Waals surface area contributed by atoms with Crippen molar-refractivity contribution in [3.05, 3.63) is 59.1 Å². The van der Waals surface area contributed by atoms with Gasteiger partial charge in [-0.3, -0.25) is 9.78 Å². The van der Waals surface area contributed by atoms with Crippen molar-refractivity contribution in [2.24, 2.45) is 0 Å². The van der Waals surface area contributed by atoms with Gasteiger partial charge in [-0.05, 0) is 29.8 Å². The molecular formula is C18H19ClFN3O2. The van der Waals surface area contributed by atoms with Crippen LogP contribution < -0.4 is 10.1 Å². The number of piperazine rings is 1. The summed E-state index contributed by atoms with van der Waals surface area (Å²) in [6.07, 6.45) is 3.73. The van der Waals surface area contributed by atoms with Gasteiger partial charge in [0.05, 0.1) is 24.1 Å². The number of benzene rings is 1. The van der Waals surface area contributed by atoms with Crippen LogP contribution in [-0.2, 0) is 4.79 Å². The number of nitrogens with zero attached hydrogens (tertiary/aromatic N) is 2. The van der Waals surface area contributed by atoms with Gasteiger partial charge in [-0.2, -0.15) is 0 Å². The van der Waals surface area contributed by atoms with Crippen LogP contribution in [0.1, 0.15) is 18.0 Å². The van der Waals surface area contributed by atoms with E-state index in [2.05, 4.69) is 10.3 Å². The summed E-state index contributed by atoms with van der Waals surface area (Å²) in [5.41, 5.74) is 1.01. The van der Waals surface area contributed by atoms with Crippen LogP contribution in [0, 0.1) is 5.82 Å². The molecule has 2 aromatic rings. The molecule has 1 saturated heterocycles. The molecule has 0 saturated carbocycles. The average Bonchev–Trinajstić information content (AvgIpc) is 2.64. The maximum Gasteiger partial charge on any atom is 0.226 e. The normalized spacial score (nSPS) is 17.4. The first kappa shape index (κ1) is 17.6. The Kier molecular flexibility index (Phi) is 5.83. The van der Waals surface area contributed by atoms with Gasteiger partial charge in [0.25, 0.3) is 0 Å². The highest BCUT2D eigenvalue weighted by Crippen LogP contribution is 2.26. The van der Waals surface area contributed by atoms with Crippen molar-refractivity contribution in [3.63, 3.8) is 0 Å². The minimum Gasteiger partial charge on any atom is -0.491 e. The third-order valence-electron chi connectivity index (χ3n) is 4.10. The third kappa shape index (κ3) is 4.46. The molecule has 132 valence electrons. The Labute approximate surface area is 150 Å². The Morgan fingerprint density at radius 2 is 2.32 bits per heavy atom. The second-order valence-electron chi connectivity index (χ2n) is 5.77. The smallest absolute Gasteiger partial charge is 0.226 e. The molecule has 25 heavy (non-hydrogen) atoms. The van der Waals surface area contributed by atoms with Crippen LogP contribution in [0.3, 0.4) is 0 Å². The highest BCUT2D eigenvalue weighted by atomic mass is 35.5. The number of pyridine rings is 1. The number of carbonyl (C=O) groups is 1. The lowest BCUT2D eigenvalue weighted by Crippen LogP contribution is -2.49. The van der Waals surface area contributed by atoms with Crippen molar-refractivity contribution in [3.8, 4) is 5.75 Å². The van der Waals surface area contributed by atoms with Crippen molar-refractivity contribution < 1.29 is 13.9 Å². The van der Waals surface area contributed by atoms with Gasteiger partial charge in [-0.15, -0.1) is 0 Å². The van der Waals surface area contributed by atoms with E-state index in [-0.39, 0.29) is 30.0 Å². The molecule has 1 atom stereocenters. The summed E-state index contributed by atoms with van der Waals surface area (Å²) in [4.78, 5) is 18.6. The zero-order chi connectivity index (χ0) is 17.6. The van der Waals surface area contributed by atoms with Gasteiger partial charge in [0, 0.05) is 32.0 Å². The maximum absolute atomic E-state index is 13.0. The molecule has 1 aliphatic rings. The fourth-order valence-electron chi connectivity index (χ4n) is 2.86. The Hall–Kier alpha value is -2.18. The summed E-state index contributed by atoms with van der Waals surface area (Å²) < 4.78 is 18.6. The molecule has 2 heterocycles. The summed E-state index contributed by atoms with van der Waals surface area (Å²) in [5.74, 6) is -0.0397. The van der Waals surface area contributed by atoms with E-state index in [0.717, 1.165) is 12.1 Å². The largest absolute Gasteiger partial charge is 0.491 e. The second kappa shape index (κ2) is 8.27. The monoisotopic (exact) mass is 363 g/mol. The molecule has 1 N–H and O–H groups in total. The van der Waals surface area contributed by atoms with E-state index in [0.29, 0.717) is 18.8 Å². The van der Waals surface area contributed by atoms with Gasteiger partial charge < -0.3 is 15.0 Å². The number of hydrogen-bond acceptors (Lipinski definition) is 4. The van der Waals surface area contributed by atoms with Crippen molar-refractivity contribution in [2.75, 3.05) is 26.2 Å². The first-order valence-corrected chi connectivity index (χ1v) is 8.51. The third-order valence-corrected chi connectivity index (χ3v) is 4.40. The molecule has 0 aliphatic carbocycles. The van der Waals surface area contributed by atoms with Crippen molar-refractivity contribution in [2.45, 2.75) is 12.5 Å². The number of ether oxygens (including phenoxy) is 1. The van der Waals surface area contributed by atoms with Gasteiger partial charge in [0.1, 0.15) is 11.6 Å². The number of rotatable bonds is 5. The van der Waals surface area contributed by atoms with Crippen molar-refractivity contribution in [1.29, 1.82) is 0 Å². The van der Waals surface area contributed by atoms with E-state index in [1.807, 2.05) is 17.0 Å². The SMILES string of the molecule is O=C(CCOc1ccc(F)cc1Cl)N1CCNCC1c1cccnc1. The molecule has 7 heteroatoms. The van der Waals surface area contributed by atoms with Gasteiger partial charge >= 0.3 is 0 Å². The lowest BCUT2D eigenvalue weighted by atomic mass is 10.0. The van der Waals surface area contributed by atoms with E-state index in [9.17, 15) is 9.18 Å². The quantitative estimate of drug-likeness (QED) is 0.887. The Morgan fingerprint density at radius 1 is 1.44 bits per heavy atom. The molecule has 1 fully saturated rings. The Morgan fingerprint density at radius 3 is 3.08 bits per heavy atom.